The highest BCUT2D eigenvalue weighted by molar-refractivity contribution is 7.93. The molecule has 0 fully saturated rings. The Balaban J connectivity index is 2.18. The Morgan fingerprint density at radius 1 is 0.964 bits per heavy atom. The van der Waals surface area contributed by atoms with E-state index in [0.717, 1.165) is 9.87 Å². The summed E-state index contributed by atoms with van der Waals surface area (Å²) in [6.45, 7) is 1.88. The average molecular weight is 416 g/mol. The molecule has 0 aliphatic heterocycles. The predicted octanol–water partition coefficient (Wildman–Crippen LogP) is 4.69. The number of benzene rings is 3. The summed E-state index contributed by atoms with van der Waals surface area (Å²) in [5.41, 5.74) is 1.33. The summed E-state index contributed by atoms with van der Waals surface area (Å²) in [6.07, 6.45) is 0. The van der Waals surface area contributed by atoms with Crippen LogP contribution in [0, 0.1) is 6.92 Å². The van der Waals surface area contributed by atoms with Crippen molar-refractivity contribution in [3.05, 3.63) is 88.9 Å². The number of halogens is 1. The quantitative estimate of drug-likeness (QED) is 0.606. The minimum atomic E-state index is -4.16. The van der Waals surface area contributed by atoms with Gasteiger partial charge in [-0.2, -0.15) is 4.31 Å². The molecule has 0 aliphatic rings. The van der Waals surface area contributed by atoms with E-state index in [2.05, 4.69) is 0 Å². The molecule has 3 aromatic carbocycles. The average Bonchev–Trinajstić information content (AvgIpc) is 2.69. The van der Waals surface area contributed by atoms with E-state index in [4.69, 9.17) is 16.3 Å². The third-order valence-electron chi connectivity index (χ3n) is 4.13. The van der Waals surface area contributed by atoms with Crippen molar-refractivity contribution in [3.63, 3.8) is 0 Å². The lowest BCUT2D eigenvalue weighted by Gasteiger charge is -2.23. The molecular weight excluding hydrogens is 398 g/mol. The molecule has 0 radical (unpaired) electrons. The summed E-state index contributed by atoms with van der Waals surface area (Å²) in [4.78, 5) is 13.2. The molecule has 0 bridgehead atoms. The van der Waals surface area contributed by atoms with Gasteiger partial charge in [-0.1, -0.05) is 47.5 Å². The van der Waals surface area contributed by atoms with Crippen LogP contribution in [0.5, 0.6) is 5.75 Å². The fourth-order valence-electron chi connectivity index (χ4n) is 2.66. The van der Waals surface area contributed by atoms with E-state index in [1.165, 1.54) is 37.4 Å². The number of sulfonamides is 1. The Morgan fingerprint density at radius 2 is 1.61 bits per heavy atom. The van der Waals surface area contributed by atoms with Crippen molar-refractivity contribution in [1.29, 1.82) is 0 Å². The molecule has 0 saturated heterocycles. The summed E-state index contributed by atoms with van der Waals surface area (Å²) in [5, 5.41) is 0.199. The van der Waals surface area contributed by atoms with E-state index >= 15 is 0 Å². The molecule has 0 unspecified atom stereocenters. The largest absolute Gasteiger partial charge is 0.495 e. The zero-order valence-electron chi connectivity index (χ0n) is 15.3. The molecule has 0 aliphatic carbocycles. The van der Waals surface area contributed by atoms with Crippen molar-refractivity contribution in [2.75, 3.05) is 11.4 Å². The minimum absolute atomic E-state index is 0.00222. The number of hydrogen-bond donors (Lipinski definition) is 0. The van der Waals surface area contributed by atoms with Crippen molar-refractivity contribution >= 4 is 33.2 Å². The first kappa shape index (κ1) is 19.9. The van der Waals surface area contributed by atoms with Gasteiger partial charge >= 0.3 is 0 Å². The second-order valence-electron chi connectivity index (χ2n) is 6.07. The first-order chi connectivity index (χ1) is 13.3. The van der Waals surface area contributed by atoms with Gasteiger partial charge in [-0.3, -0.25) is 4.79 Å². The van der Waals surface area contributed by atoms with Crippen LogP contribution in [0.4, 0.5) is 5.69 Å². The van der Waals surface area contributed by atoms with Gasteiger partial charge in [-0.05, 0) is 49.4 Å². The fraction of sp³-hybridized carbons (Fsp3) is 0.0952. The molecule has 28 heavy (non-hydrogen) atoms. The number of methoxy groups -OCH3 is 1. The van der Waals surface area contributed by atoms with Crippen molar-refractivity contribution < 1.29 is 17.9 Å². The highest BCUT2D eigenvalue weighted by Gasteiger charge is 2.32. The second-order valence-corrected chi connectivity index (χ2v) is 8.27. The van der Waals surface area contributed by atoms with Gasteiger partial charge in [0, 0.05) is 5.56 Å². The first-order valence-corrected chi connectivity index (χ1v) is 10.2. The third kappa shape index (κ3) is 3.88. The van der Waals surface area contributed by atoms with Gasteiger partial charge in [0.05, 0.1) is 22.7 Å². The number of rotatable bonds is 5. The molecule has 0 spiro atoms. The summed E-state index contributed by atoms with van der Waals surface area (Å²) in [6, 6.07) is 18.9. The zero-order valence-corrected chi connectivity index (χ0v) is 16.9. The molecule has 0 atom stereocenters. The van der Waals surface area contributed by atoms with Crippen molar-refractivity contribution in [2.24, 2.45) is 0 Å². The van der Waals surface area contributed by atoms with Gasteiger partial charge in [-0.25, -0.2) is 8.42 Å². The normalized spacial score (nSPS) is 11.1. The first-order valence-electron chi connectivity index (χ1n) is 8.39. The number of carbonyl (C=O) groups excluding carboxylic acids is 1. The molecular formula is C21H18ClNO4S. The lowest BCUT2D eigenvalue weighted by Crippen LogP contribution is -2.37. The van der Waals surface area contributed by atoms with E-state index in [1.807, 2.05) is 6.92 Å². The van der Waals surface area contributed by atoms with Crippen molar-refractivity contribution in [1.82, 2.24) is 0 Å². The number of nitrogens with zero attached hydrogens (tertiary/aromatic N) is 1. The Hall–Kier alpha value is -2.83. The lowest BCUT2D eigenvalue weighted by molar-refractivity contribution is 0.101. The highest BCUT2D eigenvalue weighted by Crippen LogP contribution is 2.33. The Morgan fingerprint density at radius 3 is 2.18 bits per heavy atom. The molecule has 0 heterocycles. The van der Waals surface area contributed by atoms with Crippen LogP contribution >= 0.6 is 11.6 Å². The maximum Gasteiger partial charge on any atom is 0.272 e. The molecule has 0 N–H and O–H groups in total. The Kier molecular flexibility index (Phi) is 5.72. The summed E-state index contributed by atoms with van der Waals surface area (Å²) in [7, 11) is -2.71. The third-order valence-corrected chi connectivity index (χ3v) is 6.15. The number of aryl methyl sites for hydroxylation is 1. The SMILES string of the molecule is COc1ccc(N(C(=O)c2ccc(C)cc2)S(=O)(=O)c2ccccc2)cc1Cl. The second kappa shape index (κ2) is 8.04. The van der Waals surface area contributed by atoms with Crippen LogP contribution in [-0.2, 0) is 10.0 Å². The van der Waals surface area contributed by atoms with Crippen molar-refractivity contribution in [2.45, 2.75) is 11.8 Å². The predicted molar refractivity (Wildman–Crippen MR) is 110 cm³/mol. The number of carbonyl (C=O) groups is 1. The van der Waals surface area contributed by atoms with Gasteiger partial charge in [0.25, 0.3) is 15.9 Å². The van der Waals surface area contributed by atoms with Crippen LogP contribution in [-0.4, -0.2) is 21.4 Å². The van der Waals surface area contributed by atoms with Crippen LogP contribution in [0.1, 0.15) is 15.9 Å². The molecule has 144 valence electrons. The van der Waals surface area contributed by atoms with E-state index in [0.29, 0.717) is 5.75 Å². The number of hydrogen-bond acceptors (Lipinski definition) is 4. The summed E-state index contributed by atoms with van der Waals surface area (Å²) in [5.74, 6) is -0.296. The van der Waals surface area contributed by atoms with Gasteiger partial charge in [0.2, 0.25) is 0 Å². The van der Waals surface area contributed by atoms with E-state index in [9.17, 15) is 13.2 Å². The van der Waals surface area contributed by atoms with Crippen LogP contribution in [0.25, 0.3) is 0 Å². The number of anilines is 1. The van der Waals surface area contributed by atoms with Crippen LogP contribution < -0.4 is 9.04 Å². The van der Waals surface area contributed by atoms with Gasteiger partial charge in [0.1, 0.15) is 5.75 Å². The molecule has 3 aromatic rings. The van der Waals surface area contributed by atoms with E-state index in [-0.39, 0.29) is 21.2 Å². The van der Waals surface area contributed by atoms with Crippen molar-refractivity contribution in [3.8, 4) is 5.75 Å². The van der Waals surface area contributed by atoms with Gasteiger partial charge in [0.15, 0.2) is 0 Å². The molecule has 5 nitrogen and oxygen atoms in total. The monoisotopic (exact) mass is 415 g/mol. The maximum absolute atomic E-state index is 13.3. The summed E-state index contributed by atoms with van der Waals surface area (Å²) >= 11 is 6.18. The number of ether oxygens (including phenoxy) is 1. The molecule has 0 aromatic heterocycles. The topological polar surface area (TPSA) is 63.7 Å². The minimum Gasteiger partial charge on any atom is -0.495 e. The fourth-order valence-corrected chi connectivity index (χ4v) is 4.34. The van der Waals surface area contributed by atoms with Crippen LogP contribution in [0.15, 0.2) is 77.7 Å². The maximum atomic E-state index is 13.3. The smallest absolute Gasteiger partial charge is 0.272 e. The Bertz CT molecular complexity index is 1100. The van der Waals surface area contributed by atoms with E-state index < -0.39 is 15.9 Å². The van der Waals surface area contributed by atoms with Crippen LogP contribution in [0.3, 0.4) is 0 Å². The molecule has 7 heteroatoms. The molecule has 0 saturated carbocycles. The van der Waals surface area contributed by atoms with Gasteiger partial charge < -0.3 is 4.74 Å². The standard InChI is InChI=1S/C21H18ClNO4S/c1-15-8-10-16(11-9-15)21(24)23(17-12-13-20(27-2)19(22)14-17)28(25,26)18-6-4-3-5-7-18/h3-14H,1-2H3. The molecule has 3 rings (SSSR count). The van der Waals surface area contributed by atoms with Crippen LogP contribution in [0.2, 0.25) is 5.02 Å². The summed E-state index contributed by atoms with van der Waals surface area (Å²) < 4.78 is 32.5. The van der Waals surface area contributed by atoms with Gasteiger partial charge in [-0.15, -0.1) is 0 Å². The number of amides is 1. The highest BCUT2D eigenvalue weighted by atomic mass is 35.5. The lowest BCUT2D eigenvalue weighted by atomic mass is 10.1. The Labute approximate surface area is 169 Å². The molecule has 1 amide bonds. The van der Waals surface area contributed by atoms with E-state index in [1.54, 1.807) is 42.5 Å². The zero-order chi connectivity index (χ0) is 20.3.